The van der Waals surface area contributed by atoms with Crippen LogP contribution in [-0.4, -0.2) is 40.9 Å². The van der Waals surface area contributed by atoms with Crippen LogP contribution in [0.5, 0.6) is 11.5 Å². The summed E-state index contributed by atoms with van der Waals surface area (Å²) in [6, 6.07) is 30.7. The van der Waals surface area contributed by atoms with Gasteiger partial charge in [-0.15, -0.1) is 0 Å². The molecule has 2 N–H and O–H groups in total. The predicted molar refractivity (Wildman–Crippen MR) is 182 cm³/mol. The standard InChI is InChI=1S/C40H35N3O6/c1-23-16-18-25(19-17-23)41-43-37(46)31-22-30-27(20-21-28-33(30)38(47)42(36(28)45)26-12-7-4-8-13-26)34(29-14-9-15-32(49-2)35(29)44)40(31,39(43)48)24-10-5-3-6-11-24/h3-20,28,30-31,33-34,41,44H,21-22H2,1-2H3/t28-,30+,31-,33-,34+,40+/m0/s1. The lowest BCUT2D eigenvalue weighted by Gasteiger charge is -2.50. The summed E-state index contributed by atoms with van der Waals surface area (Å²) in [7, 11) is 1.46. The number of aryl methyl sites for hydroxylation is 1. The van der Waals surface area contributed by atoms with Gasteiger partial charge in [0.15, 0.2) is 11.5 Å². The number of carbonyl (C=O) groups is 4. The number of nitrogens with one attached hydrogen (secondary N) is 1. The van der Waals surface area contributed by atoms with Crippen LogP contribution in [0, 0.1) is 30.6 Å². The zero-order chi connectivity index (χ0) is 34.0. The summed E-state index contributed by atoms with van der Waals surface area (Å²) in [5.41, 5.74) is 5.52. The number of hydrogen-bond acceptors (Lipinski definition) is 7. The van der Waals surface area contributed by atoms with Crippen molar-refractivity contribution in [1.29, 1.82) is 0 Å². The molecule has 2 aliphatic carbocycles. The second-order valence-corrected chi connectivity index (χ2v) is 13.3. The highest BCUT2D eigenvalue weighted by Gasteiger charge is 2.70. The Kier molecular flexibility index (Phi) is 7.17. The first-order valence-corrected chi connectivity index (χ1v) is 16.5. The topological polar surface area (TPSA) is 116 Å². The van der Waals surface area contributed by atoms with Crippen molar-refractivity contribution in [3.8, 4) is 11.5 Å². The lowest BCUT2D eigenvalue weighted by Crippen LogP contribution is -2.53. The highest BCUT2D eigenvalue weighted by molar-refractivity contribution is 6.22. The number of benzene rings is 4. The highest BCUT2D eigenvalue weighted by Crippen LogP contribution is 2.65. The normalized spacial score (nSPS) is 27.4. The average Bonchev–Trinajstić information content (AvgIpc) is 3.51. The number of amides is 4. The van der Waals surface area contributed by atoms with Gasteiger partial charge in [0.1, 0.15) is 0 Å². The zero-order valence-corrected chi connectivity index (χ0v) is 27.1. The molecule has 2 aliphatic heterocycles. The molecule has 4 aromatic carbocycles. The Morgan fingerprint density at radius 1 is 0.796 bits per heavy atom. The first kappa shape index (κ1) is 30.6. The van der Waals surface area contributed by atoms with Gasteiger partial charge in [0.2, 0.25) is 11.8 Å². The zero-order valence-electron chi connectivity index (χ0n) is 27.1. The lowest BCUT2D eigenvalue weighted by molar-refractivity contribution is -0.138. The number of hydrogen-bond donors (Lipinski definition) is 2. The summed E-state index contributed by atoms with van der Waals surface area (Å²) in [5.74, 6) is -5.06. The van der Waals surface area contributed by atoms with Gasteiger partial charge in [0, 0.05) is 11.5 Å². The number of phenols is 1. The van der Waals surface area contributed by atoms with Gasteiger partial charge < -0.3 is 9.84 Å². The van der Waals surface area contributed by atoms with Crippen LogP contribution in [-0.2, 0) is 24.6 Å². The maximum atomic E-state index is 15.2. The van der Waals surface area contributed by atoms with E-state index in [0.29, 0.717) is 22.5 Å². The minimum atomic E-state index is -1.49. The van der Waals surface area contributed by atoms with Crippen LogP contribution in [0.4, 0.5) is 11.4 Å². The summed E-state index contributed by atoms with van der Waals surface area (Å²) in [6.07, 6.45) is 2.43. The van der Waals surface area contributed by atoms with Crippen molar-refractivity contribution in [2.75, 3.05) is 17.4 Å². The van der Waals surface area contributed by atoms with E-state index in [-0.39, 0.29) is 36.2 Å². The number of allylic oxidation sites excluding steroid dienone is 2. The molecule has 0 bridgehead atoms. The van der Waals surface area contributed by atoms with Gasteiger partial charge in [-0.25, -0.2) is 0 Å². The maximum Gasteiger partial charge on any atom is 0.260 e. The number of aromatic hydroxyl groups is 1. The van der Waals surface area contributed by atoms with Crippen molar-refractivity contribution < 1.29 is 29.0 Å². The molecule has 3 fully saturated rings. The molecular formula is C40H35N3O6. The quantitative estimate of drug-likeness (QED) is 0.197. The lowest BCUT2D eigenvalue weighted by atomic mass is 9.49. The largest absolute Gasteiger partial charge is 0.504 e. The van der Waals surface area contributed by atoms with E-state index in [1.54, 1.807) is 42.5 Å². The molecule has 6 atom stereocenters. The first-order chi connectivity index (χ1) is 23.8. The molecular weight excluding hydrogens is 618 g/mol. The minimum Gasteiger partial charge on any atom is -0.504 e. The SMILES string of the molecule is COc1cccc([C@H]2C3=CC[C@@H]4C(=O)N(c5ccccc5)C(=O)[C@@H]4[C@@H]3C[C@H]3C(=O)N(Nc4ccc(C)cc4)C(=O)[C@@]23c2ccccc2)c1O. The Bertz CT molecular complexity index is 2030. The van der Waals surface area contributed by atoms with Gasteiger partial charge in [0.05, 0.1) is 41.7 Å². The van der Waals surface area contributed by atoms with E-state index in [4.69, 9.17) is 4.74 Å². The van der Waals surface area contributed by atoms with Crippen LogP contribution >= 0.6 is 0 Å². The third-order valence-electron chi connectivity index (χ3n) is 11.0. The highest BCUT2D eigenvalue weighted by atomic mass is 16.5. The number of rotatable bonds is 6. The molecule has 8 rings (SSSR count). The molecule has 2 heterocycles. The molecule has 9 heteroatoms. The molecule has 2 saturated heterocycles. The number of carbonyl (C=O) groups excluding carboxylic acids is 4. The van der Waals surface area contributed by atoms with E-state index in [1.165, 1.54) is 12.0 Å². The van der Waals surface area contributed by atoms with Gasteiger partial charge in [0.25, 0.3) is 11.8 Å². The molecule has 246 valence electrons. The Morgan fingerprint density at radius 2 is 1.49 bits per heavy atom. The number of anilines is 2. The fourth-order valence-corrected chi connectivity index (χ4v) is 8.86. The van der Waals surface area contributed by atoms with Crippen LogP contribution in [0.1, 0.15) is 35.4 Å². The summed E-state index contributed by atoms with van der Waals surface area (Å²) in [6.45, 7) is 1.96. The van der Waals surface area contributed by atoms with Crippen LogP contribution < -0.4 is 15.1 Å². The predicted octanol–water partition coefficient (Wildman–Crippen LogP) is 5.90. The van der Waals surface area contributed by atoms with Gasteiger partial charge in [-0.3, -0.25) is 29.5 Å². The van der Waals surface area contributed by atoms with E-state index in [1.807, 2.05) is 73.7 Å². The molecule has 1 saturated carbocycles. The van der Waals surface area contributed by atoms with Crippen molar-refractivity contribution in [1.82, 2.24) is 5.01 Å². The van der Waals surface area contributed by atoms with Gasteiger partial charge in [-0.1, -0.05) is 90.0 Å². The van der Waals surface area contributed by atoms with Crippen LogP contribution in [0.15, 0.2) is 115 Å². The number of ether oxygens (including phenoxy) is 1. The third-order valence-corrected chi connectivity index (χ3v) is 11.0. The number of methoxy groups -OCH3 is 1. The van der Waals surface area contributed by atoms with Crippen LogP contribution in [0.2, 0.25) is 0 Å². The monoisotopic (exact) mass is 653 g/mol. The molecule has 0 spiro atoms. The Morgan fingerprint density at radius 3 is 2.18 bits per heavy atom. The molecule has 4 aromatic rings. The summed E-state index contributed by atoms with van der Waals surface area (Å²) >= 11 is 0. The summed E-state index contributed by atoms with van der Waals surface area (Å²) < 4.78 is 5.53. The second-order valence-electron chi connectivity index (χ2n) is 13.3. The number of hydrazine groups is 1. The number of nitrogens with zero attached hydrogens (tertiary/aromatic N) is 2. The molecule has 0 unspecified atom stereocenters. The van der Waals surface area contributed by atoms with Crippen molar-refractivity contribution >= 4 is 35.0 Å². The number of phenolic OH excluding ortho intramolecular Hbond substituents is 1. The van der Waals surface area contributed by atoms with Gasteiger partial charge in [-0.05, 0) is 61.6 Å². The van der Waals surface area contributed by atoms with Crippen molar-refractivity contribution in [3.63, 3.8) is 0 Å². The van der Waals surface area contributed by atoms with E-state index < -0.39 is 46.8 Å². The van der Waals surface area contributed by atoms with Crippen molar-refractivity contribution in [2.45, 2.75) is 31.1 Å². The number of para-hydroxylation sites is 2. The van der Waals surface area contributed by atoms with Crippen LogP contribution in [0.3, 0.4) is 0 Å². The Labute approximate surface area is 283 Å². The average molecular weight is 654 g/mol. The van der Waals surface area contributed by atoms with E-state index in [9.17, 15) is 19.5 Å². The van der Waals surface area contributed by atoms with Gasteiger partial charge in [-0.2, -0.15) is 5.01 Å². The van der Waals surface area contributed by atoms with Crippen molar-refractivity contribution in [3.05, 3.63) is 131 Å². The number of imide groups is 2. The fraction of sp³-hybridized carbons (Fsp3) is 0.250. The fourth-order valence-electron chi connectivity index (χ4n) is 8.86. The van der Waals surface area contributed by atoms with E-state index in [0.717, 1.165) is 16.1 Å². The number of fused-ring (bicyclic) bond motifs is 4. The summed E-state index contributed by atoms with van der Waals surface area (Å²) in [5, 5.41) is 12.9. The first-order valence-electron chi connectivity index (χ1n) is 16.5. The molecule has 4 aliphatic rings. The molecule has 4 amide bonds. The third kappa shape index (κ3) is 4.38. The molecule has 0 radical (unpaired) electrons. The smallest absolute Gasteiger partial charge is 0.260 e. The molecule has 0 aromatic heterocycles. The second kappa shape index (κ2) is 11.5. The van der Waals surface area contributed by atoms with Crippen LogP contribution in [0.25, 0.3) is 0 Å². The van der Waals surface area contributed by atoms with Gasteiger partial charge >= 0.3 is 0 Å². The summed E-state index contributed by atoms with van der Waals surface area (Å²) in [4.78, 5) is 59.5. The van der Waals surface area contributed by atoms with E-state index in [2.05, 4.69) is 5.43 Å². The minimum absolute atomic E-state index is 0.141. The van der Waals surface area contributed by atoms with Crippen molar-refractivity contribution in [2.24, 2.45) is 23.7 Å². The van der Waals surface area contributed by atoms with E-state index >= 15 is 4.79 Å². The molecule has 49 heavy (non-hydrogen) atoms. The molecule has 9 nitrogen and oxygen atoms in total. The Balaban J connectivity index is 1.34. The Hall–Kier alpha value is -5.70. The maximum absolute atomic E-state index is 15.2.